The molecule has 0 aromatic heterocycles. The van der Waals surface area contributed by atoms with Gasteiger partial charge < -0.3 is 14.8 Å². The minimum Gasteiger partial charge on any atom is -0.476 e. The third-order valence-corrected chi connectivity index (χ3v) is 3.02. The number of ether oxygens (including phenoxy) is 2. The Hall–Kier alpha value is -2.48. The minimum atomic E-state index is -0.0541. The van der Waals surface area contributed by atoms with Crippen molar-refractivity contribution < 1.29 is 9.47 Å². The lowest BCUT2D eigenvalue weighted by atomic mass is 10.1. The van der Waals surface area contributed by atoms with Gasteiger partial charge in [-0.1, -0.05) is 30.3 Å². The van der Waals surface area contributed by atoms with Gasteiger partial charge in [0.1, 0.15) is 25.3 Å². The molecule has 0 amide bonds. The van der Waals surface area contributed by atoms with Crippen LogP contribution >= 0.6 is 0 Å². The van der Waals surface area contributed by atoms with Crippen molar-refractivity contribution in [1.29, 1.82) is 5.26 Å². The minimum absolute atomic E-state index is 0.0541. The molecule has 2 aliphatic rings. The van der Waals surface area contributed by atoms with Crippen molar-refractivity contribution in [3.8, 4) is 6.07 Å². The highest BCUT2D eigenvalue weighted by Crippen LogP contribution is 2.25. The normalized spacial score (nSPS) is 23.7. The van der Waals surface area contributed by atoms with E-state index < -0.39 is 0 Å². The van der Waals surface area contributed by atoms with E-state index in [0.717, 1.165) is 5.56 Å². The Morgan fingerprint density at radius 3 is 2.84 bits per heavy atom. The van der Waals surface area contributed by atoms with Crippen LogP contribution in [-0.4, -0.2) is 25.7 Å². The summed E-state index contributed by atoms with van der Waals surface area (Å²) in [5, 5.41) is 12.2. The van der Waals surface area contributed by atoms with Crippen molar-refractivity contribution in [2.45, 2.75) is 6.04 Å². The Bertz CT molecular complexity index is 564. The summed E-state index contributed by atoms with van der Waals surface area (Å²) in [4.78, 5) is 4.47. The molecule has 0 bridgehead atoms. The third-order valence-electron chi connectivity index (χ3n) is 3.02. The monoisotopic (exact) mass is 255 g/mol. The second kappa shape index (κ2) is 5.02. The molecule has 2 aliphatic heterocycles. The van der Waals surface area contributed by atoms with Gasteiger partial charge in [-0.3, -0.25) is 0 Å². The van der Waals surface area contributed by atoms with E-state index in [2.05, 4.69) is 16.4 Å². The van der Waals surface area contributed by atoms with E-state index in [-0.39, 0.29) is 6.04 Å². The molecular weight excluding hydrogens is 242 g/mol. The molecule has 1 atom stereocenters. The number of benzene rings is 1. The van der Waals surface area contributed by atoms with Crippen molar-refractivity contribution in [2.75, 3.05) is 19.8 Å². The summed E-state index contributed by atoms with van der Waals surface area (Å²) in [5.74, 6) is 0.829. The number of hydrogen-bond donors (Lipinski definition) is 1. The van der Waals surface area contributed by atoms with Gasteiger partial charge in [-0.05, 0) is 5.56 Å². The van der Waals surface area contributed by atoms with Crippen LogP contribution in [0.5, 0.6) is 0 Å². The van der Waals surface area contributed by atoms with Gasteiger partial charge in [0.15, 0.2) is 5.57 Å². The summed E-state index contributed by atoms with van der Waals surface area (Å²) in [6.45, 7) is 1.73. The van der Waals surface area contributed by atoms with Crippen LogP contribution in [0.1, 0.15) is 11.6 Å². The number of nitriles is 1. The number of rotatable bonds is 2. The van der Waals surface area contributed by atoms with E-state index in [4.69, 9.17) is 9.47 Å². The molecule has 96 valence electrons. The van der Waals surface area contributed by atoms with E-state index in [1.807, 2.05) is 30.3 Å². The van der Waals surface area contributed by atoms with E-state index in [9.17, 15) is 5.26 Å². The summed E-state index contributed by atoms with van der Waals surface area (Å²) in [6.07, 6.45) is 0. The summed E-state index contributed by atoms with van der Waals surface area (Å²) >= 11 is 0. The highest BCUT2D eigenvalue weighted by molar-refractivity contribution is 5.98. The number of nitrogens with zero attached hydrogens (tertiary/aromatic N) is 2. The topological polar surface area (TPSA) is 66.6 Å². The highest BCUT2D eigenvalue weighted by atomic mass is 16.5. The van der Waals surface area contributed by atoms with Gasteiger partial charge >= 0.3 is 0 Å². The third kappa shape index (κ3) is 2.25. The van der Waals surface area contributed by atoms with E-state index in [0.29, 0.717) is 37.1 Å². The van der Waals surface area contributed by atoms with Crippen LogP contribution in [0.3, 0.4) is 0 Å². The lowest BCUT2D eigenvalue weighted by Gasteiger charge is -2.03. The van der Waals surface area contributed by atoms with Gasteiger partial charge in [-0.2, -0.15) is 5.26 Å². The summed E-state index contributed by atoms with van der Waals surface area (Å²) in [6, 6.07) is 11.9. The first-order valence-electron chi connectivity index (χ1n) is 6.15. The largest absolute Gasteiger partial charge is 0.476 e. The van der Waals surface area contributed by atoms with Crippen molar-refractivity contribution in [3.63, 3.8) is 0 Å². The lowest BCUT2D eigenvalue weighted by molar-refractivity contribution is 0.261. The fourth-order valence-corrected chi connectivity index (χ4v) is 2.08. The molecule has 1 N–H and O–H groups in total. The zero-order chi connectivity index (χ0) is 13.1. The first-order valence-corrected chi connectivity index (χ1v) is 6.15. The van der Waals surface area contributed by atoms with Crippen LogP contribution < -0.4 is 5.32 Å². The maximum Gasteiger partial charge on any atom is 0.233 e. The molecule has 1 aromatic rings. The number of aliphatic imine (C=N–C) groups is 1. The lowest BCUT2D eigenvalue weighted by Crippen LogP contribution is -2.12. The Morgan fingerprint density at radius 1 is 1.32 bits per heavy atom. The van der Waals surface area contributed by atoms with Crippen molar-refractivity contribution in [1.82, 2.24) is 5.32 Å². The van der Waals surface area contributed by atoms with Crippen LogP contribution in [-0.2, 0) is 9.47 Å². The molecule has 0 saturated carbocycles. The van der Waals surface area contributed by atoms with Crippen LogP contribution in [0.2, 0.25) is 0 Å². The first kappa shape index (κ1) is 11.6. The molecule has 1 aromatic carbocycles. The predicted molar refractivity (Wildman–Crippen MR) is 69.2 cm³/mol. The fourth-order valence-electron chi connectivity index (χ4n) is 2.08. The van der Waals surface area contributed by atoms with Crippen LogP contribution in [0, 0.1) is 11.3 Å². The Morgan fingerprint density at radius 2 is 2.16 bits per heavy atom. The zero-order valence-corrected chi connectivity index (χ0v) is 10.3. The Balaban J connectivity index is 1.87. The highest BCUT2D eigenvalue weighted by Gasteiger charge is 2.27. The number of hydrogen-bond acceptors (Lipinski definition) is 5. The van der Waals surface area contributed by atoms with Gasteiger partial charge in [-0.15, -0.1) is 0 Å². The maximum absolute atomic E-state index is 9.21. The van der Waals surface area contributed by atoms with Gasteiger partial charge in [-0.25, -0.2) is 4.99 Å². The van der Waals surface area contributed by atoms with Gasteiger partial charge in [0.25, 0.3) is 0 Å². The van der Waals surface area contributed by atoms with Crippen LogP contribution in [0.25, 0.3) is 0 Å². The summed E-state index contributed by atoms with van der Waals surface area (Å²) in [5.41, 5.74) is 1.43. The van der Waals surface area contributed by atoms with Gasteiger partial charge in [0.2, 0.25) is 11.8 Å². The molecule has 1 fully saturated rings. The molecule has 5 heteroatoms. The molecule has 0 radical (unpaired) electrons. The van der Waals surface area contributed by atoms with Crippen LogP contribution in [0.15, 0.2) is 46.8 Å². The Labute approximate surface area is 111 Å². The average Bonchev–Trinajstić information content (AvgIpc) is 3.12. The summed E-state index contributed by atoms with van der Waals surface area (Å²) < 4.78 is 10.9. The number of nitrogens with one attached hydrogen (secondary N) is 1. The van der Waals surface area contributed by atoms with E-state index >= 15 is 0 Å². The SMILES string of the molecule is N#C/C(C1=NC(c2ccccc2)CO1)=C1/NCCO1. The molecule has 3 rings (SSSR count). The second-order valence-electron chi connectivity index (χ2n) is 4.26. The molecule has 5 nitrogen and oxygen atoms in total. The van der Waals surface area contributed by atoms with E-state index in [1.54, 1.807) is 0 Å². The molecular formula is C14H13N3O2. The molecule has 0 aliphatic carbocycles. The zero-order valence-electron chi connectivity index (χ0n) is 10.3. The van der Waals surface area contributed by atoms with Crippen LogP contribution in [0.4, 0.5) is 0 Å². The molecule has 1 unspecified atom stereocenters. The quantitative estimate of drug-likeness (QED) is 0.813. The first-order chi connectivity index (χ1) is 9.38. The molecule has 0 spiro atoms. The maximum atomic E-state index is 9.21. The predicted octanol–water partition coefficient (Wildman–Crippen LogP) is 1.51. The van der Waals surface area contributed by atoms with Gasteiger partial charge in [0.05, 0.1) is 6.54 Å². The van der Waals surface area contributed by atoms with Crippen molar-refractivity contribution in [2.24, 2.45) is 4.99 Å². The van der Waals surface area contributed by atoms with E-state index in [1.165, 1.54) is 0 Å². The van der Waals surface area contributed by atoms with Crippen molar-refractivity contribution >= 4 is 5.90 Å². The summed E-state index contributed by atoms with van der Waals surface area (Å²) in [7, 11) is 0. The second-order valence-corrected chi connectivity index (χ2v) is 4.26. The smallest absolute Gasteiger partial charge is 0.233 e. The Kier molecular flexibility index (Phi) is 3.07. The molecule has 19 heavy (non-hydrogen) atoms. The van der Waals surface area contributed by atoms with Crippen molar-refractivity contribution in [3.05, 3.63) is 47.4 Å². The average molecular weight is 255 g/mol. The molecule has 2 heterocycles. The standard InChI is InChI=1S/C14H13N3O2/c15-8-11(13-16-6-7-18-13)14-17-12(9-19-14)10-4-2-1-3-5-10/h1-5,12,16H,6-7,9H2/b13-11+. The molecule has 1 saturated heterocycles. The van der Waals surface area contributed by atoms with Gasteiger partial charge in [0, 0.05) is 0 Å². The fraction of sp³-hybridized carbons (Fsp3) is 0.286.